The van der Waals surface area contributed by atoms with Gasteiger partial charge in [0.05, 0.1) is 28.1 Å². The number of hydrogen-bond donors (Lipinski definition) is 1. The number of aromatic nitrogens is 1. The molecule has 0 unspecified atom stereocenters. The number of benzene rings is 5. The molecule has 4 heteroatoms. The molecule has 0 spiro atoms. The summed E-state index contributed by atoms with van der Waals surface area (Å²) in [4.78, 5) is 10.8. The van der Waals surface area contributed by atoms with Crippen LogP contribution in [0.4, 0.5) is 34.1 Å². The van der Waals surface area contributed by atoms with Crippen LogP contribution in [0.3, 0.4) is 0 Å². The number of aryl methyl sites for hydroxylation is 1. The number of pyridine rings is 1. The summed E-state index contributed by atoms with van der Waals surface area (Å²) in [6.45, 7) is 11.4. The number of para-hydroxylation sites is 3. The van der Waals surface area contributed by atoms with Gasteiger partial charge in [-0.3, -0.25) is 0 Å². The first-order valence-electron chi connectivity index (χ1n) is 15.8. The Morgan fingerprint density at radius 3 is 1.89 bits per heavy atom. The van der Waals surface area contributed by atoms with Gasteiger partial charge in [-0.2, -0.15) is 0 Å². The van der Waals surface area contributed by atoms with E-state index in [0.717, 1.165) is 65.4 Å². The van der Waals surface area contributed by atoms with Crippen molar-refractivity contribution in [3.63, 3.8) is 0 Å². The second-order valence-corrected chi connectivity index (χ2v) is 13.3. The zero-order valence-corrected chi connectivity index (χ0v) is 26.0. The van der Waals surface area contributed by atoms with E-state index in [1.807, 2.05) is 0 Å². The van der Waals surface area contributed by atoms with E-state index in [4.69, 9.17) is 4.98 Å². The average molecular weight is 575 g/mol. The zero-order valence-electron chi connectivity index (χ0n) is 26.0. The van der Waals surface area contributed by atoms with Crippen LogP contribution in [0, 0.1) is 6.92 Å². The number of nitrogens with one attached hydrogen (secondary N) is 1. The SMILES string of the molecule is Cc1cc(Nc2ccccc2)c2nc3c(N(c4ccccc4)c4ccccc4)cc(C(C)(C)C)c4c3c3c2c1CCN3CC4. The molecule has 0 saturated carbocycles. The lowest BCUT2D eigenvalue weighted by molar-refractivity contribution is 0.581. The molecule has 3 heterocycles. The molecule has 0 saturated heterocycles. The van der Waals surface area contributed by atoms with Crippen LogP contribution in [-0.2, 0) is 18.3 Å². The van der Waals surface area contributed by atoms with Crippen molar-refractivity contribution in [3.05, 3.63) is 125 Å². The molecule has 0 radical (unpaired) electrons. The molecular formula is C40H38N4. The van der Waals surface area contributed by atoms with Gasteiger partial charge in [-0.05, 0) is 96.0 Å². The molecule has 1 N–H and O–H groups in total. The van der Waals surface area contributed by atoms with Crippen LogP contribution >= 0.6 is 0 Å². The fraction of sp³-hybridized carbons (Fsp3) is 0.225. The third kappa shape index (κ3) is 4.23. The third-order valence-electron chi connectivity index (χ3n) is 9.43. The molecule has 5 aromatic carbocycles. The van der Waals surface area contributed by atoms with Crippen LogP contribution in [0.2, 0.25) is 0 Å². The molecule has 0 aliphatic carbocycles. The molecule has 2 aliphatic rings. The first kappa shape index (κ1) is 26.8. The summed E-state index contributed by atoms with van der Waals surface area (Å²) >= 11 is 0. The third-order valence-corrected chi connectivity index (χ3v) is 9.43. The number of anilines is 6. The van der Waals surface area contributed by atoms with E-state index < -0.39 is 0 Å². The monoisotopic (exact) mass is 574 g/mol. The number of nitrogens with zero attached hydrogens (tertiary/aromatic N) is 3. The van der Waals surface area contributed by atoms with Crippen LogP contribution in [0.1, 0.15) is 43.0 Å². The molecule has 44 heavy (non-hydrogen) atoms. The molecule has 218 valence electrons. The highest BCUT2D eigenvalue weighted by atomic mass is 15.2. The van der Waals surface area contributed by atoms with Gasteiger partial charge in [0.25, 0.3) is 0 Å². The maximum absolute atomic E-state index is 5.71. The van der Waals surface area contributed by atoms with Gasteiger partial charge in [0.15, 0.2) is 0 Å². The fourth-order valence-corrected chi connectivity index (χ4v) is 7.44. The van der Waals surface area contributed by atoms with E-state index in [1.165, 1.54) is 38.7 Å². The summed E-state index contributed by atoms with van der Waals surface area (Å²) in [6, 6.07) is 36.7. The predicted octanol–water partition coefficient (Wildman–Crippen LogP) is 10.1. The van der Waals surface area contributed by atoms with E-state index in [2.05, 4.69) is 146 Å². The molecule has 0 bridgehead atoms. The van der Waals surface area contributed by atoms with Crippen molar-refractivity contribution in [3.8, 4) is 0 Å². The molecule has 1 aromatic heterocycles. The van der Waals surface area contributed by atoms with Gasteiger partial charge in [-0.25, -0.2) is 4.98 Å². The lowest BCUT2D eigenvalue weighted by Crippen LogP contribution is -2.35. The molecule has 0 amide bonds. The van der Waals surface area contributed by atoms with Gasteiger partial charge >= 0.3 is 0 Å². The highest BCUT2D eigenvalue weighted by Gasteiger charge is 2.34. The number of hydrogen-bond acceptors (Lipinski definition) is 4. The maximum atomic E-state index is 5.71. The molecule has 8 rings (SSSR count). The Kier molecular flexibility index (Phi) is 6.16. The second-order valence-electron chi connectivity index (χ2n) is 13.3. The van der Waals surface area contributed by atoms with Gasteiger partial charge in [0, 0.05) is 40.9 Å². The van der Waals surface area contributed by atoms with Gasteiger partial charge in [-0.15, -0.1) is 0 Å². The Morgan fingerprint density at radius 2 is 1.27 bits per heavy atom. The molecule has 4 nitrogen and oxygen atoms in total. The first-order valence-corrected chi connectivity index (χ1v) is 15.8. The summed E-state index contributed by atoms with van der Waals surface area (Å²) in [5, 5.41) is 6.41. The van der Waals surface area contributed by atoms with Crippen molar-refractivity contribution < 1.29 is 0 Å². The highest BCUT2D eigenvalue weighted by molar-refractivity contribution is 6.18. The number of rotatable bonds is 5. The van der Waals surface area contributed by atoms with Crippen LogP contribution in [-0.4, -0.2) is 18.1 Å². The molecule has 0 atom stereocenters. The van der Waals surface area contributed by atoms with E-state index in [1.54, 1.807) is 0 Å². The zero-order chi connectivity index (χ0) is 30.0. The minimum Gasteiger partial charge on any atom is -0.370 e. The van der Waals surface area contributed by atoms with Crippen molar-refractivity contribution in [1.82, 2.24) is 4.98 Å². The Hall–Kier alpha value is -4.83. The normalized spacial score (nSPS) is 14.0. The Balaban J connectivity index is 1.54. The molecular weight excluding hydrogens is 536 g/mol. The molecule has 6 aromatic rings. The van der Waals surface area contributed by atoms with Crippen LogP contribution < -0.4 is 15.1 Å². The Bertz CT molecular complexity index is 1990. The van der Waals surface area contributed by atoms with Crippen LogP contribution in [0.5, 0.6) is 0 Å². The average Bonchev–Trinajstić information content (AvgIpc) is 3.04. The second kappa shape index (κ2) is 10.1. The Labute approximate surface area is 260 Å². The minimum atomic E-state index is -0.0225. The quantitative estimate of drug-likeness (QED) is 0.208. The molecule has 0 fully saturated rings. The van der Waals surface area contributed by atoms with E-state index in [-0.39, 0.29) is 5.41 Å². The van der Waals surface area contributed by atoms with E-state index in [9.17, 15) is 0 Å². The summed E-state index contributed by atoms with van der Waals surface area (Å²) in [6.07, 6.45) is 2.09. The van der Waals surface area contributed by atoms with Crippen LogP contribution in [0.15, 0.2) is 103 Å². The fourth-order valence-electron chi connectivity index (χ4n) is 7.44. The molecule has 2 aliphatic heterocycles. The van der Waals surface area contributed by atoms with Gasteiger partial charge in [-0.1, -0.05) is 75.4 Å². The lowest BCUT2D eigenvalue weighted by Gasteiger charge is -2.40. The smallest absolute Gasteiger partial charge is 0.0974 e. The van der Waals surface area contributed by atoms with Crippen molar-refractivity contribution >= 4 is 55.9 Å². The summed E-state index contributed by atoms with van der Waals surface area (Å²) in [5.41, 5.74) is 14.7. The Morgan fingerprint density at radius 1 is 0.705 bits per heavy atom. The van der Waals surface area contributed by atoms with Gasteiger partial charge < -0.3 is 15.1 Å². The first-order chi connectivity index (χ1) is 21.4. The van der Waals surface area contributed by atoms with E-state index >= 15 is 0 Å². The van der Waals surface area contributed by atoms with Gasteiger partial charge in [0.1, 0.15) is 0 Å². The topological polar surface area (TPSA) is 31.4 Å². The van der Waals surface area contributed by atoms with Crippen molar-refractivity contribution in [2.75, 3.05) is 28.2 Å². The van der Waals surface area contributed by atoms with Crippen LogP contribution in [0.25, 0.3) is 21.8 Å². The standard InChI is InChI=1S/C40H38N4/c1-26-24-33(41-27-14-8-5-9-15-27)37-35-30(26)20-22-43-23-21-31-32(40(2,3)4)25-34(38(42-37)36(31)39(35)43)44(28-16-10-6-11-17-28)29-18-12-7-13-19-29/h5-19,24-25,41H,20-23H2,1-4H3. The van der Waals surface area contributed by atoms with Gasteiger partial charge in [0.2, 0.25) is 0 Å². The van der Waals surface area contributed by atoms with Crippen molar-refractivity contribution in [2.45, 2.75) is 46.0 Å². The largest absolute Gasteiger partial charge is 0.370 e. The van der Waals surface area contributed by atoms with E-state index in [0.29, 0.717) is 0 Å². The summed E-state index contributed by atoms with van der Waals surface area (Å²) in [7, 11) is 0. The van der Waals surface area contributed by atoms with Crippen molar-refractivity contribution in [2.24, 2.45) is 0 Å². The lowest BCUT2D eigenvalue weighted by atomic mass is 9.78. The van der Waals surface area contributed by atoms with Crippen molar-refractivity contribution in [1.29, 1.82) is 0 Å². The summed E-state index contributed by atoms with van der Waals surface area (Å²) in [5.74, 6) is 0. The maximum Gasteiger partial charge on any atom is 0.0974 e. The highest BCUT2D eigenvalue weighted by Crippen LogP contribution is 2.52. The minimum absolute atomic E-state index is 0.0225. The summed E-state index contributed by atoms with van der Waals surface area (Å²) < 4.78 is 0. The predicted molar refractivity (Wildman–Crippen MR) is 187 cm³/mol.